The van der Waals surface area contributed by atoms with Crippen LogP contribution in [0.2, 0.25) is 0 Å². The number of nitrogens with two attached hydrogens (primary N) is 2. The van der Waals surface area contributed by atoms with Crippen LogP contribution < -0.4 is 11.5 Å². The minimum Gasteiger partial charge on any atom is -0.384 e. The summed E-state index contributed by atoms with van der Waals surface area (Å²) in [6, 6.07) is 6.04. The number of aromatic nitrogens is 2. The highest BCUT2D eigenvalue weighted by molar-refractivity contribution is 5.66. The molecule has 2 rings (SSSR count). The van der Waals surface area contributed by atoms with E-state index >= 15 is 0 Å². The SMILES string of the molecule is Cc1ccc(F)cc1-c1cc(N)nc(N)n1. The molecule has 5 heteroatoms. The molecule has 0 bridgehead atoms. The van der Waals surface area contributed by atoms with E-state index in [1.807, 2.05) is 6.92 Å². The van der Waals surface area contributed by atoms with Crippen LogP contribution in [0.5, 0.6) is 0 Å². The summed E-state index contributed by atoms with van der Waals surface area (Å²) in [6.45, 7) is 1.86. The molecule has 0 saturated carbocycles. The Hall–Kier alpha value is -2.17. The monoisotopic (exact) mass is 218 g/mol. The van der Waals surface area contributed by atoms with Gasteiger partial charge < -0.3 is 11.5 Å². The summed E-state index contributed by atoms with van der Waals surface area (Å²) in [7, 11) is 0. The molecular weight excluding hydrogens is 207 g/mol. The zero-order valence-electron chi connectivity index (χ0n) is 8.74. The lowest BCUT2D eigenvalue weighted by atomic mass is 10.1. The van der Waals surface area contributed by atoms with Gasteiger partial charge in [0.05, 0.1) is 5.69 Å². The molecule has 0 fully saturated rings. The minimum atomic E-state index is -0.323. The fourth-order valence-electron chi connectivity index (χ4n) is 1.49. The van der Waals surface area contributed by atoms with Gasteiger partial charge in [-0.2, -0.15) is 4.98 Å². The third kappa shape index (κ3) is 1.93. The van der Waals surface area contributed by atoms with E-state index in [2.05, 4.69) is 9.97 Å². The Morgan fingerprint density at radius 3 is 2.56 bits per heavy atom. The lowest BCUT2D eigenvalue weighted by molar-refractivity contribution is 0.628. The summed E-state index contributed by atoms with van der Waals surface area (Å²) >= 11 is 0. The van der Waals surface area contributed by atoms with Crippen molar-refractivity contribution in [2.45, 2.75) is 6.92 Å². The fourth-order valence-corrected chi connectivity index (χ4v) is 1.49. The van der Waals surface area contributed by atoms with Gasteiger partial charge >= 0.3 is 0 Å². The molecule has 0 atom stereocenters. The zero-order chi connectivity index (χ0) is 11.7. The largest absolute Gasteiger partial charge is 0.384 e. The Bertz CT molecular complexity index is 519. The van der Waals surface area contributed by atoms with Crippen LogP contribution in [0.15, 0.2) is 24.3 Å². The first-order chi connectivity index (χ1) is 7.56. The summed E-state index contributed by atoms with van der Waals surface area (Å²) in [5.74, 6) is 0.0289. The summed E-state index contributed by atoms with van der Waals surface area (Å²) < 4.78 is 13.1. The third-order valence-corrected chi connectivity index (χ3v) is 2.24. The van der Waals surface area contributed by atoms with Crippen LogP contribution in [-0.2, 0) is 0 Å². The number of rotatable bonds is 1. The third-order valence-electron chi connectivity index (χ3n) is 2.24. The maximum absolute atomic E-state index is 13.1. The van der Waals surface area contributed by atoms with Crippen LogP contribution in [0.1, 0.15) is 5.56 Å². The number of nitrogen functional groups attached to an aromatic ring is 2. The predicted molar refractivity (Wildman–Crippen MR) is 61.0 cm³/mol. The topological polar surface area (TPSA) is 77.8 Å². The summed E-state index contributed by atoms with van der Waals surface area (Å²) in [4.78, 5) is 7.79. The highest BCUT2D eigenvalue weighted by Crippen LogP contribution is 2.24. The second-order valence-corrected chi connectivity index (χ2v) is 3.50. The molecule has 0 aliphatic rings. The molecule has 0 saturated heterocycles. The van der Waals surface area contributed by atoms with Gasteiger partial charge in [-0.3, -0.25) is 0 Å². The van der Waals surface area contributed by atoms with Gasteiger partial charge in [0.25, 0.3) is 0 Å². The molecule has 0 radical (unpaired) electrons. The molecule has 16 heavy (non-hydrogen) atoms. The van der Waals surface area contributed by atoms with E-state index in [0.717, 1.165) is 5.56 Å². The van der Waals surface area contributed by atoms with E-state index in [1.165, 1.54) is 12.1 Å². The molecule has 0 unspecified atom stereocenters. The highest BCUT2D eigenvalue weighted by Gasteiger charge is 2.07. The van der Waals surface area contributed by atoms with Crippen LogP contribution >= 0.6 is 0 Å². The highest BCUT2D eigenvalue weighted by atomic mass is 19.1. The van der Waals surface area contributed by atoms with Gasteiger partial charge in [0.15, 0.2) is 0 Å². The molecule has 2 aromatic rings. The lowest BCUT2D eigenvalue weighted by Gasteiger charge is -2.06. The maximum Gasteiger partial charge on any atom is 0.222 e. The van der Waals surface area contributed by atoms with Crippen molar-refractivity contribution in [1.82, 2.24) is 9.97 Å². The molecule has 1 aromatic carbocycles. The molecule has 0 aliphatic carbocycles. The summed E-state index contributed by atoms with van der Waals surface area (Å²) in [5, 5.41) is 0. The smallest absolute Gasteiger partial charge is 0.222 e. The van der Waals surface area contributed by atoms with Crippen LogP contribution in [0.25, 0.3) is 11.3 Å². The number of nitrogens with zero attached hydrogens (tertiary/aromatic N) is 2. The Balaban J connectivity index is 2.62. The van der Waals surface area contributed by atoms with Crippen LogP contribution in [0.4, 0.5) is 16.2 Å². The Kier molecular flexibility index (Phi) is 2.44. The molecule has 4 nitrogen and oxygen atoms in total. The molecule has 82 valence electrons. The van der Waals surface area contributed by atoms with Crippen LogP contribution in [0, 0.1) is 12.7 Å². The van der Waals surface area contributed by atoms with E-state index in [9.17, 15) is 4.39 Å². The first-order valence-electron chi connectivity index (χ1n) is 4.73. The molecule has 1 heterocycles. The van der Waals surface area contributed by atoms with Gasteiger partial charge in [-0.05, 0) is 24.6 Å². The van der Waals surface area contributed by atoms with Gasteiger partial charge in [0.2, 0.25) is 5.95 Å². The van der Waals surface area contributed by atoms with Gasteiger partial charge in [0.1, 0.15) is 11.6 Å². The second-order valence-electron chi connectivity index (χ2n) is 3.50. The minimum absolute atomic E-state index is 0.0821. The van der Waals surface area contributed by atoms with Gasteiger partial charge in [-0.1, -0.05) is 6.07 Å². The Labute approximate surface area is 92.1 Å². The molecule has 4 N–H and O–H groups in total. The standard InChI is InChI=1S/C11H11FN4/c1-6-2-3-7(12)4-8(6)9-5-10(13)16-11(14)15-9/h2-5H,1H3,(H4,13,14,15,16). The molecular formula is C11H11FN4. The average Bonchev–Trinajstić information content (AvgIpc) is 2.20. The Morgan fingerprint density at radius 1 is 1.12 bits per heavy atom. The number of benzene rings is 1. The molecule has 0 spiro atoms. The number of halogens is 1. The van der Waals surface area contributed by atoms with Crippen molar-refractivity contribution in [3.63, 3.8) is 0 Å². The van der Waals surface area contributed by atoms with Crippen molar-refractivity contribution in [1.29, 1.82) is 0 Å². The zero-order valence-corrected chi connectivity index (χ0v) is 8.74. The maximum atomic E-state index is 13.1. The quantitative estimate of drug-likeness (QED) is 0.764. The van der Waals surface area contributed by atoms with E-state index in [1.54, 1.807) is 12.1 Å². The Morgan fingerprint density at radius 2 is 1.88 bits per heavy atom. The van der Waals surface area contributed by atoms with Crippen molar-refractivity contribution < 1.29 is 4.39 Å². The first kappa shape index (κ1) is 10.4. The van der Waals surface area contributed by atoms with Crippen molar-refractivity contribution in [2.75, 3.05) is 11.5 Å². The van der Waals surface area contributed by atoms with E-state index in [4.69, 9.17) is 11.5 Å². The van der Waals surface area contributed by atoms with E-state index < -0.39 is 0 Å². The van der Waals surface area contributed by atoms with Crippen molar-refractivity contribution >= 4 is 11.8 Å². The lowest BCUT2D eigenvalue weighted by Crippen LogP contribution is -2.01. The van der Waals surface area contributed by atoms with Crippen LogP contribution in [-0.4, -0.2) is 9.97 Å². The predicted octanol–water partition coefficient (Wildman–Crippen LogP) is 1.76. The fraction of sp³-hybridized carbons (Fsp3) is 0.0909. The molecule has 1 aromatic heterocycles. The number of aryl methyl sites for hydroxylation is 1. The average molecular weight is 218 g/mol. The van der Waals surface area contributed by atoms with E-state index in [0.29, 0.717) is 11.3 Å². The van der Waals surface area contributed by atoms with E-state index in [-0.39, 0.29) is 17.6 Å². The van der Waals surface area contributed by atoms with Gasteiger partial charge in [-0.25, -0.2) is 9.37 Å². The number of hydrogen-bond acceptors (Lipinski definition) is 4. The van der Waals surface area contributed by atoms with Crippen molar-refractivity contribution in [2.24, 2.45) is 0 Å². The first-order valence-corrected chi connectivity index (χ1v) is 4.73. The number of anilines is 2. The second kappa shape index (κ2) is 3.77. The summed E-state index contributed by atoms with van der Waals surface area (Å²) in [5.41, 5.74) is 13.1. The van der Waals surface area contributed by atoms with Gasteiger partial charge in [0, 0.05) is 11.6 Å². The van der Waals surface area contributed by atoms with Crippen molar-refractivity contribution in [3.05, 3.63) is 35.6 Å². The molecule has 0 amide bonds. The normalized spacial score (nSPS) is 10.4. The van der Waals surface area contributed by atoms with Crippen LogP contribution in [0.3, 0.4) is 0 Å². The van der Waals surface area contributed by atoms with Crippen molar-refractivity contribution in [3.8, 4) is 11.3 Å². The number of hydrogen-bond donors (Lipinski definition) is 2. The molecule has 0 aliphatic heterocycles. The van der Waals surface area contributed by atoms with Gasteiger partial charge in [-0.15, -0.1) is 0 Å². The summed E-state index contributed by atoms with van der Waals surface area (Å²) in [6.07, 6.45) is 0.